The molecule has 26 heavy (non-hydrogen) atoms. The van der Waals surface area contributed by atoms with E-state index in [1.807, 2.05) is 0 Å². The number of carbonyl (C=O) groups is 1. The minimum absolute atomic E-state index is 0.0346. The van der Waals surface area contributed by atoms with Crippen LogP contribution in [0.25, 0.3) is 0 Å². The van der Waals surface area contributed by atoms with Gasteiger partial charge in [-0.15, -0.1) is 0 Å². The lowest BCUT2D eigenvalue weighted by Gasteiger charge is -2.34. The lowest BCUT2D eigenvalue weighted by Crippen LogP contribution is -2.51. The number of halogens is 1. The highest BCUT2D eigenvalue weighted by Gasteiger charge is 2.29. The normalized spacial score (nSPS) is 19.8. The van der Waals surface area contributed by atoms with Gasteiger partial charge in [0.25, 0.3) is 0 Å². The zero-order valence-electron chi connectivity index (χ0n) is 14.9. The lowest BCUT2D eigenvalue weighted by atomic mass is 10.2. The predicted octanol–water partition coefficient (Wildman–Crippen LogP) is 1.80. The van der Waals surface area contributed by atoms with Gasteiger partial charge in [-0.1, -0.05) is 23.7 Å². The average molecular weight is 400 g/mol. The number of hydrogen-bond acceptors (Lipinski definition) is 4. The maximum Gasteiger partial charge on any atom is 0.223 e. The molecule has 3 rings (SSSR count). The van der Waals surface area contributed by atoms with Gasteiger partial charge >= 0.3 is 0 Å². The van der Waals surface area contributed by atoms with Gasteiger partial charge in [-0.3, -0.25) is 4.79 Å². The molecule has 2 aliphatic heterocycles. The van der Waals surface area contributed by atoms with Gasteiger partial charge in [-0.05, 0) is 43.6 Å². The summed E-state index contributed by atoms with van der Waals surface area (Å²) in [4.78, 5) is 16.5. The summed E-state index contributed by atoms with van der Waals surface area (Å²) in [6, 6.07) is 6.86. The molecule has 0 unspecified atom stereocenters. The maximum atomic E-state index is 12.6. The fourth-order valence-corrected chi connectivity index (χ4v) is 5.16. The van der Waals surface area contributed by atoms with Crippen LogP contribution >= 0.6 is 11.6 Å². The van der Waals surface area contributed by atoms with Crippen molar-refractivity contribution in [1.82, 2.24) is 14.1 Å². The molecule has 0 spiro atoms. The summed E-state index contributed by atoms with van der Waals surface area (Å²) in [6.07, 6.45) is 2.97. The Morgan fingerprint density at radius 1 is 0.962 bits per heavy atom. The van der Waals surface area contributed by atoms with Crippen molar-refractivity contribution in [3.8, 4) is 0 Å². The molecule has 2 saturated heterocycles. The number of benzene rings is 1. The minimum Gasteiger partial charge on any atom is -0.340 e. The van der Waals surface area contributed by atoms with Crippen molar-refractivity contribution in [2.24, 2.45) is 0 Å². The average Bonchev–Trinajstić information content (AvgIpc) is 3.15. The fourth-order valence-electron chi connectivity index (χ4n) is 3.52. The lowest BCUT2D eigenvalue weighted by molar-refractivity contribution is -0.132. The molecule has 0 aromatic heterocycles. The molecule has 2 heterocycles. The van der Waals surface area contributed by atoms with Crippen LogP contribution in [0.3, 0.4) is 0 Å². The Balaban J connectivity index is 1.47. The van der Waals surface area contributed by atoms with Crippen molar-refractivity contribution in [2.75, 3.05) is 45.8 Å². The highest BCUT2D eigenvalue weighted by Crippen LogP contribution is 2.17. The summed E-state index contributed by atoms with van der Waals surface area (Å²) in [5, 5.41) is 0.590. The molecule has 8 heteroatoms. The van der Waals surface area contributed by atoms with Crippen LogP contribution in [0.15, 0.2) is 24.3 Å². The summed E-state index contributed by atoms with van der Waals surface area (Å²) in [6.45, 7) is 4.66. The van der Waals surface area contributed by atoms with E-state index < -0.39 is 10.0 Å². The Morgan fingerprint density at radius 2 is 1.58 bits per heavy atom. The molecule has 1 aromatic carbocycles. The number of nitrogens with zero attached hydrogens (tertiary/aromatic N) is 3. The third-order valence-electron chi connectivity index (χ3n) is 5.09. The molecule has 0 N–H and O–H groups in total. The van der Waals surface area contributed by atoms with Crippen molar-refractivity contribution in [3.05, 3.63) is 34.9 Å². The summed E-state index contributed by atoms with van der Waals surface area (Å²) in [5.41, 5.74) is 0.721. The zero-order chi connectivity index (χ0) is 18.6. The van der Waals surface area contributed by atoms with Gasteiger partial charge < -0.3 is 9.80 Å². The highest BCUT2D eigenvalue weighted by molar-refractivity contribution is 7.88. The summed E-state index contributed by atoms with van der Waals surface area (Å²) >= 11 is 5.84. The van der Waals surface area contributed by atoms with Crippen molar-refractivity contribution < 1.29 is 13.2 Å². The maximum absolute atomic E-state index is 12.6. The first-order valence-electron chi connectivity index (χ1n) is 9.16. The number of carbonyl (C=O) groups excluding carboxylic acids is 1. The first kappa shape index (κ1) is 19.6. The van der Waals surface area contributed by atoms with Crippen LogP contribution in [0.4, 0.5) is 0 Å². The summed E-state index contributed by atoms with van der Waals surface area (Å²) in [5.74, 6) is 0.0965. The van der Waals surface area contributed by atoms with Gasteiger partial charge in [-0.25, -0.2) is 8.42 Å². The smallest absolute Gasteiger partial charge is 0.223 e. The number of amides is 1. The molecule has 6 nitrogen and oxygen atoms in total. The molecule has 1 amide bonds. The summed E-state index contributed by atoms with van der Waals surface area (Å²) < 4.78 is 26.7. The van der Waals surface area contributed by atoms with Gasteiger partial charge in [0.2, 0.25) is 15.9 Å². The van der Waals surface area contributed by atoms with Crippen LogP contribution in [-0.2, 0) is 20.6 Å². The first-order chi connectivity index (χ1) is 12.4. The number of hydrogen-bond donors (Lipinski definition) is 0. The van der Waals surface area contributed by atoms with Crippen molar-refractivity contribution in [3.63, 3.8) is 0 Å². The third-order valence-corrected chi connectivity index (χ3v) is 7.19. The monoisotopic (exact) mass is 399 g/mol. The van der Waals surface area contributed by atoms with Crippen molar-refractivity contribution >= 4 is 27.5 Å². The van der Waals surface area contributed by atoms with E-state index in [1.165, 1.54) is 17.1 Å². The molecule has 0 saturated carbocycles. The quantitative estimate of drug-likeness (QED) is 0.731. The van der Waals surface area contributed by atoms with E-state index in [0.717, 1.165) is 25.2 Å². The van der Waals surface area contributed by atoms with Crippen molar-refractivity contribution in [1.29, 1.82) is 0 Å². The molecular formula is C18H26ClN3O3S. The van der Waals surface area contributed by atoms with Crippen LogP contribution in [0.5, 0.6) is 0 Å². The van der Waals surface area contributed by atoms with E-state index in [1.54, 1.807) is 29.2 Å². The second-order valence-electron chi connectivity index (χ2n) is 6.96. The number of likely N-dealkylation sites (tertiary alicyclic amines) is 1. The second kappa shape index (κ2) is 8.69. The first-order valence-corrected chi connectivity index (χ1v) is 11.2. The van der Waals surface area contributed by atoms with E-state index in [0.29, 0.717) is 37.6 Å². The molecular weight excluding hydrogens is 374 g/mol. The Hall–Kier alpha value is -1.15. The Labute approximate surface area is 160 Å². The Bertz CT molecular complexity index is 710. The van der Waals surface area contributed by atoms with Crippen LogP contribution in [-0.4, -0.2) is 74.2 Å². The molecule has 144 valence electrons. The molecule has 0 atom stereocenters. The van der Waals surface area contributed by atoms with Crippen LogP contribution in [0.2, 0.25) is 5.02 Å². The van der Waals surface area contributed by atoms with Gasteiger partial charge in [0.1, 0.15) is 0 Å². The third kappa shape index (κ3) is 5.19. The van der Waals surface area contributed by atoms with Crippen molar-refractivity contribution in [2.45, 2.75) is 25.0 Å². The number of piperazine rings is 1. The van der Waals surface area contributed by atoms with E-state index in [-0.39, 0.29) is 11.7 Å². The van der Waals surface area contributed by atoms with Crippen LogP contribution < -0.4 is 0 Å². The van der Waals surface area contributed by atoms with Crippen LogP contribution in [0, 0.1) is 0 Å². The topological polar surface area (TPSA) is 60.9 Å². The predicted molar refractivity (Wildman–Crippen MR) is 103 cm³/mol. The SMILES string of the molecule is O=C(CCN1CCCC1)N1CCN(S(=O)(=O)Cc2ccc(Cl)cc2)CC1. The van der Waals surface area contributed by atoms with E-state index in [2.05, 4.69) is 4.90 Å². The van der Waals surface area contributed by atoms with E-state index in [9.17, 15) is 13.2 Å². The molecule has 2 aliphatic rings. The second-order valence-corrected chi connectivity index (χ2v) is 9.37. The molecule has 0 aliphatic carbocycles. The standard InChI is InChI=1S/C18H26ClN3O3S/c19-17-5-3-16(4-6-17)15-26(24,25)22-13-11-21(12-14-22)18(23)7-10-20-8-1-2-9-20/h3-6H,1-2,7-15H2. The van der Waals surface area contributed by atoms with E-state index >= 15 is 0 Å². The molecule has 0 bridgehead atoms. The van der Waals surface area contributed by atoms with Gasteiger partial charge in [0.15, 0.2) is 0 Å². The van der Waals surface area contributed by atoms with E-state index in [4.69, 9.17) is 11.6 Å². The zero-order valence-corrected chi connectivity index (χ0v) is 16.5. The molecule has 1 aromatic rings. The fraction of sp³-hybridized carbons (Fsp3) is 0.611. The number of sulfonamides is 1. The number of rotatable bonds is 6. The highest BCUT2D eigenvalue weighted by atomic mass is 35.5. The molecule has 0 radical (unpaired) electrons. The van der Waals surface area contributed by atoms with Crippen LogP contribution in [0.1, 0.15) is 24.8 Å². The molecule has 2 fully saturated rings. The van der Waals surface area contributed by atoms with Gasteiger partial charge in [0.05, 0.1) is 5.75 Å². The Kier molecular flexibility index (Phi) is 6.55. The summed E-state index contributed by atoms with van der Waals surface area (Å²) in [7, 11) is -3.38. The minimum atomic E-state index is -3.38. The van der Waals surface area contributed by atoms with Gasteiger partial charge in [-0.2, -0.15) is 4.31 Å². The van der Waals surface area contributed by atoms with Gasteiger partial charge in [0, 0.05) is 44.2 Å². The largest absolute Gasteiger partial charge is 0.340 e. The Morgan fingerprint density at radius 3 is 2.19 bits per heavy atom.